The number of aliphatic hydroxyl groups excluding tert-OH is 1. The molecule has 3 N–H and O–H groups in total. The molecular weight excluding hydrogens is 625 g/mol. The number of carbonyl (C=O) groups is 1. The quantitative estimate of drug-likeness (QED) is 0.135. The van der Waals surface area contributed by atoms with Crippen LogP contribution in [0.4, 0.5) is 9.93 Å². The number of hydrogen-bond donors (Lipinski definition) is 3. The fourth-order valence-corrected chi connectivity index (χ4v) is 7.30. The molecule has 4 rings (SSSR count). The summed E-state index contributed by atoms with van der Waals surface area (Å²) in [5.74, 6) is 0.608. The number of rotatable bonds is 15. The molecule has 3 aromatic carbocycles. The number of para-hydroxylation sites is 1. The minimum Gasteiger partial charge on any atom is -0.457 e. The molecule has 0 aliphatic heterocycles. The first-order valence-electron chi connectivity index (χ1n) is 15.1. The van der Waals surface area contributed by atoms with Crippen molar-refractivity contribution in [3.63, 3.8) is 0 Å². The van der Waals surface area contributed by atoms with Gasteiger partial charge in [-0.2, -0.15) is 4.31 Å². The molecule has 1 amide bonds. The van der Waals surface area contributed by atoms with Crippen LogP contribution < -0.4 is 15.4 Å². The number of thiazole rings is 1. The van der Waals surface area contributed by atoms with Gasteiger partial charge in [-0.25, -0.2) is 18.2 Å². The number of aliphatic hydroxyl groups is 1. The lowest BCUT2D eigenvalue weighted by molar-refractivity contribution is 0.0467. The topological polar surface area (TPSA) is 130 Å². The average molecular weight is 667 g/mol. The molecule has 0 saturated heterocycles. The number of hydrogen-bond acceptors (Lipinski definition) is 9. The minimum absolute atomic E-state index is 0.0243. The number of nitrogens with one attached hydrogen (secondary N) is 2. The number of aryl methyl sites for hydroxylation is 2. The van der Waals surface area contributed by atoms with Crippen molar-refractivity contribution in [3.8, 4) is 17.0 Å². The van der Waals surface area contributed by atoms with Crippen LogP contribution in [-0.4, -0.2) is 68.0 Å². The standard InChI is InChI=1S/C34H42N4O6S2/c1-23(2)19-38(46(41,42)28-16-14-27(15-17-28)30-21-45-33(35-5)36-30)20-31(39)29(18-26-12-7-6-8-13-26)37-34(40)44-22-43-32-24(3)10-9-11-25(32)4/h6-17,21,23,29,31,39H,18-20,22H2,1-5H3,(H,35,36)(H,37,40)/t29-,31-/m0/s1. The van der Waals surface area contributed by atoms with Gasteiger partial charge < -0.3 is 25.2 Å². The van der Waals surface area contributed by atoms with E-state index in [2.05, 4.69) is 15.6 Å². The van der Waals surface area contributed by atoms with Gasteiger partial charge >= 0.3 is 6.09 Å². The molecule has 1 aromatic heterocycles. The van der Waals surface area contributed by atoms with Crippen molar-refractivity contribution in [1.82, 2.24) is 14.6 Å². The summed E-state index contributed by atoms with van der Waals surface area (Å²) in [5.41, 5.74) is 4.21. The molecule has 4 aromatic rings. The van der Waals surface area contributed by atoms with E-state index in [1.54, 1.807) is 31.3 Å². The van der Waals surface area contributed by atoms with Crippen LogP contribution in [0.3, 0.4) is 0 Å². The maximum Gasteiger partial charge on any atom is 0.410 e. The second-order valence-corrected chi connectivity index (χ2v) is 14.2. The Kier molecular flexibility index (Phi) is 12.2. The molecular formula is C34H42N4O6S2. The zero-order valence-electron chi connectivity index (χ0n) is 26.8. The number of nitrogens with zero attached hydrogens (tertiary/aromatic N) is 2. The highest BCUT2D eigenvalue weighted by atomic mass is 32.2. The number of aromatic nitrogens is 1. The van der Waals surface area contributed by atoms with Crippen LogP contribution in [0.5, 0.6) is 5.75 Å². The zero-order chi connectivity index (χ0) is 33.3. The van der Waals surface area contributed by atoms with Gasteiger partial charge in [-0.3, -0.25) is 0 Å². The van der Waals surface area contributed by atoms with Crippen LogP contribution in [0.2, 0.25) is 0 Å². The van der Waals surface area contributed by atoms with E-state index in [0.717, 1.165) is 33.1 Å². The smallest absolute Gasteiger partial charge is 0.410 e. The summed E-state index contributed by atoms with van der Waals surface area (Å²) >= 11 is 1.46. The monoisotopic (exact) mass is 666 g/mol. The second kappa shape index (κ2) is 16.0. The normalized spacial score (nSPS) is 13.0. The summed E-state index contributed by atoms with van der Waals surface area (Å²) < 4.78 is 40.1. The van der Waals surface area contributed by atoms with Crippen LogP contribution in [0.15, 0.2) is 83.1 Å². The van der Waals surface area contributed by atoms with Gasteiger partial charge in [0.1, 0.15) is 5.75 Å². The molecule has 0 spiro atoms. The van der Waals surface area contributed by atoms with E-state index in [9.17, 15) is 18.3 Å². The van der Waals surface area contributed by atoms with Crippen molar-refractivity contribution in [2.75, 3.05) is 32.2 Å². The van der Waals surface area contributed by atoms with Gasteiger partial charge in [0.25, 0.3) is 0 Å². The SMILES string of the molecule is CNc1nc(-c2ccc(S(=O)(=O)N(CC(C)C)C[C@H](O)[C@H](Cc3ccccc3)NC(=O)OCOc3c(C)cccc3C)cc2)cs1. The Labute approximate surface area is 275 Å². The van der Waals surface area contributed by atoms with Gasteiger partial charge in [-0.1, -0.05) is 74.5 Å². The van der Waals surface area contributed by atoms with Crippen molar-refractivity contribution in [2.24, 2.45) is 5.92 Å². The Bertz CT molecular complexity index is 1660. The average Bonchev–Trinajstić information content (AvgIpc) is 3.52. The first-order valence-corrected chi connectivity index (χ1v) is 17.4. The van der Waals surface area contributed by atoms with Crippen LogP contribution in [0.1, 0.15) is 30.5 Å². The van der Waals surface area contributed by atoms with Gasteiger partial charge in [0.05, 0.1) is 22.7 Å². The zero-order valence-corrected chi connectivity index (χ0v) is 28.4. The number of carbonyl (C=O) groups excluding carboxylic acids is 1. The van der Waals surface area contributed by atoms with E-state index < -0.39 is 28.3 Å². The van der Waals surface area contributed by atoms with Crippen molar-refractivity contribution < 1.29 is 27.8 Å². The Hall–Kier alpha value is -3.97. The highest BCUT2D eigenvalue weighted by Gasteiger charge is 2.31. The lowest BCUT2D eigenvalue weighted by Gasteiger charge is -2.30. The molecule has 0 bridgehead atoms. The number of anilines is 1. The predicted molar refractivity (Wildman–Crippen MR) is 182 cm³/mol. The lowest BCUT2D eigenvalue weighted by atomic mass is 10.0. The van der Waals surface area contributed by atoms with Crippen molar-refractivity contribution in [2.45, 2.75) is 51.2 Å². The van der Waals surface area contributed by atoms with Crippen molar-refractivity contribution in [1.29, 1.82) is 0 Å². The number of alkyl carbamates (subject to hydrolysis) is 1. The highest BCUT2D eigenvalue weighted by Crippen LogP contribution is 2.27. The van der Waals surface area contributed by atoms with E-state index in [0.29, 0.717) is 5.75 Å². The second-order valence-electron chi connectivity index (χ2n) is 11.5. The largest absolute Gasteiger partial charge is 0.457 e. The van der Waals surface area contributed by atoms with E-state index in [1.165, 1.54) is 15.6 Å². The molecule has 10 nitrogen and oxygen atoms in total. The number of benzene rings is 3. The van der Waals surface area contributed by atoms with Gasteiger partial charge in [0.2, 0.25) is 16.8 Å². The molecule has 12 heteroatoms. The summed E-state index contributed by atoms with van der Waals surface area (Å²) in [7, 11) is -2.21. The van der Waals surface area contributed by atoms with Crippen LogP contribution >= 0.6 is 11.3 Å². The third kappa shape index (κ3) is 9.29. The van der Waals surface area contributed by atoms with E-state index >= 15 is 0 Å². The van der Waals surface area contributed by atoms with Gasteiger partial charge in [0, 0.05) is 31.1 Å². The molecule has 0 unspecified atom stereocenters. The fraction of sp³-hybridized carbons (Fsp3) is 0.353. The van der Waals surface area contributed by atoms with Gasteiger partial charge in [-0.15, -0.1) is 11.3 Å². The van der Waals surface area contributed by atoms with Crippen LogP contribution in [0, 0.1) is 19.8 Å². The number of sulfonamides is 1. The molecule has 0 saturated carbocycles. The molecule has 46 heavy (non-hydrogen) atoms. The summed E-state index contributed by atoms with van der Waals surface area (Å²) in [6, 6.07) is 20.8. The van der Waals surface area contributed by atoms with Crippen molar-refractivity contribution >= 4 is 32.6 Å². The van der Waals surface area contributed by atoms with Gasteiger partial charge in [0.15, 0.2) is 5.13 Å². The van der Waals surface area contributed by atoms with E-state index in [1.807, 2.05) is 81.6 Å². The summed E-state index contributed by atoms with van der Waals surface area (Å²) in [6.45, 7) is 7.23. The number of amides is 1. The Morgan fingerprint density at radius 1 is 0.978 bits per heavy atom. The highest BCUT2D eigenvalue weighted by molar-refractivity contribution is 7.89. The molecule has 0 aliphatic rings. The molecule has 0 fully saturated rings. The molecule has 1 heterocycles. The van der Waals surface area contributed by atoms with Crippen LogP contribution in [0.25, 0.3) is 11.3 Å². The summed E-state index contributed by atoms with van der Waals surface area (Å²) in [6.07, 6.45) is -1.79. The number of ether oxygens (including phenoxy) is 2. The Morgan fingerprint density at radius 2 is 1.65 bits per heavy atom. The minimum atomic E-state index is -4.00. The predicted octanol–water partition coefficient (Wildman–Crippen LogP) is 5.85. The van der Waals surface area contributed by atoms with Gasteiger partial charge in [-0.05, 0) is 55.0 Å². The first kappa shape index (κ1) is 34.9. The Morgan fingerprint density at radius 3 is 2.26 bits per heavy atom. The maximum absolute atomic E-state index is 13.9. The van der Waals surface area contributed by atoms with E-state index in [-0.39, 0.29) is 37.1 Å². The maximum atomic E-state index is 13.9. The van der Waals surface area contributed by atoms with E-state index in [4.69, 9.17) is 9.47 Å². The lowest BCUT2D eigenvalue weighted by Crippen LogP contribution is -2.51. The third-order valence-electron chi connectivity index (χ3n) is 7.33. The Balaban J connectivity index is 1.50. The summed E-state index contributed by atoms with van der Waals surface area (Å²) in [4.78, 5) is 17.5. The van der Waals surface area contributed by atoms with Crippen LogP contribution in [-0.2, 0) is 21.2 Å². The third-order valence-corrected chi connectivity index (χ3v) is 10.0. The molecule has 0 aliphatic carbocycles. The molecule has 0 radical (unpaired) electrons. The van der Waals surface area contributed by atoms with Crippen molar-refractivity contribution in [3.05, 3.63) is 94.9 Å². The molecule has 2 atom stereocenters. The first-order chi connectivity index (χ1) is 22.0. The molecule has 246 valence electrons. The summed E-state index contributed by atoms with van der Waals surface area (Å²) in [5, 5.41) is 19.9. The fourth-order valence-electron chi connectivity index (χ4n) is 4.99.